The van der Waals surface area contributed by atoms with E-state index in [1.807, 2.05) is 6.20 Å². The lowest BCUT2D eigenvalue weighted by Crippen LogP contribution is -2.25. The Bertz CT molecular complexity index is 1540. The van der Waals surface area contributed by atoms with Crippen molar-refractivity contribution in [2.24, 2.45) is 17.9 Å². The molecule has 0 spiro atoms. The van der Waals surface area contributed by atoms with Gasteiger partial charge in [0.1, 0.15) is 5.52 Å². The molecular weight excluding hydrogens is 402 g/mol. The van der Waals surface area contributed by atoms with E-state index in [4.69, 9.17) is 4.98 Å². The number of imidazole rings is 1. The van der Waals surface area contributed by atoms with Gasteiger partial charge in [0.15, 0.2) is 11.0 Å². The average molecular weight is 439 g/mol. The smallest absolute Gasteiger partial charge is 0.255 e. The van der Waals surface area contributed by atoms with E-state index in [2.05, 4.69) is 107 Å². The van der Waals surface area contributed by atoms with Crippen LogP contribution < -0.4 is 4.40 Å². The van der Waals surface area contributed by atoms with Gasteiger partial charge in [0.2, 0.25) is 0 Å². The maximum atomic E-state index is 4.85. The van der Waals surface area contributed by atoms with Crippen LogP contribution in [0.3, 0.4) is 0 Å². The molecule has 33 heavy (non-hydrogen) atoms. The van der Waals surface area contributed by atoms with Crippen LogP contribution >= 0.6 is 0 Å². The van der Waals surface area contributed by atoms with Crippen molar-refractivity contribution in [3.05, 3.63) is 65.4 Å². The number of fused-ring (bicyclic) bond motifs is 8. The van der Waals surface area contributed by atoms with Crippen molar-refractivity contribution in [3.63, 3.8) is 0 Å². The Morgan fingerprint density at radius 2 is 1.61 bits per heavy atom. The third-order valence-electron chi connectivity index (χ3n) is 6.58. The lowest BCUT2D eigenvalue weighted by Gasteiger charge is -2.21. The van der Waals surface area contributed by atoms with Gasteiger partial charge in [-0.05, 0) is 66.0 Å². The molecule has 3 nitrogen and oxygen atoms in total. The molecule has 2 aromatic carbocycles. The Hall–Kier alpha value is -2.94. The second-order valence-corrected chi connectivity index (χ2v) is 12.2. The third-order valence-corrected chi connectivity index (χ3v) is 6.58. The zero-order chi connectivity index (χ0) is 23.7. The Labute approximate surface area is 197 Å². The van der Waals surface area contributed by atoms with E-state index in [-0.39, 0.29) is 10.8 Å². The number of aryl methyl sites for hydroxylation is 2. The van der Waals surface area contributed by atoms with Crippen LogP contribution in [-0.2, 0) is 19.9 Å². The molecule has 0 amide bonds. The minimum absolute atomic E-state index is 0.195. The molecule has 5 rings (SSSR count). The maximum Gasteiger partial charge on any atom is 0.297 e. The number of pyridine rings is 2. The molecule has 0 radical (unpaired) electrons. The molecule has 0 aliphatic carbocycles. The Morgan fingerprint density at radius 1 is 0.909 bits per heavy atom. The first kappa shape index (κ1) is 21.9. The molecule has 0 N–H and O–H groups in total. The second kappa shape index (κ2) is 7.28. The van der Waals surface area contributed by atoms with E-state index in [0.717, 1.165) is 18.4 Å². The van der Waals surface area contributed by atoms with Gasteiger partial charge in [-0.25, -0.2) is 4.57 Å². The van der Waals surface area contributed by atoms with Crippen LogP contribution in [-0.4, -0.2) is 9.55 Å². The number of benzene rings is 2. The molecule has 0 atom stereocenters. The van der Waals surface area contributed by atoms with Crippen LogP contribution in [0.15, 0.2) is 48.7 Å². The van der Waals surface area contributed by atoms with Crippen LogP contribution in [0.5, 0.6) is 0 Å². The Kier molecular flexibility index (Phi) is 4.83. The highest BCUT2D eigenvalue weighted by Gasteiger charge is 2.29. The summed E-state index contributed by atoms with van der Waals surface area (Å²) in [5.41, 5.74) is 10.7. The molecule has 0 aliphatic heterocycles. The quantitative estimate of drug-likeness (QED) is 0.213. The molecule has 3 aromatic heterocycles. The summed E-state index contributed by atoms with van der Waals surface area (Å²) in [5, 5.41) is 2.45. The van der Waals surface area contributed by atoms with Crippen molar-refractivity contribution in [2.45, 2.75) is 61.3 Å². The molecule has 5 aromatic rings. The lowest BCUT2D eigenvalue weighted by molar-refractivity contribution is -0.449. The molecule has 170 valence electrons. The first-order valence-electron chi connectivity index (χ1n) is 12.1. The van der Waals surface area contributed by atoms with Gasteiger partial charge in [-0.15, -0.1) is 0 Å². The van der Waals surface area contributed by atoms with Gasteiger partial charge in [-0.1, -0.05) is 59.7 Å². The van der Waals surface area contributed by atoms with Crippen molar-refractivity contribution in [2.75, 3.05) is 0 Å². The highest BCUT2D eigenvalue weighted by Crippen LogP contribution is 2.34. The summed E-state index contributed by atoms with van der Waals surface area (Å²) in [7, 11) is 2.22. The molecular formula is C30H36N3+. The van der Waals surface area contributed by atoms with Crippen LogP contribution in [0.1, 0.15) is 58.2 Å². The molecule has 0 unspecified atom stereocenters. The standard InChI is InChI=1S/C30H36N3/c1-19-13-14-31-26-22-11-9-10-12-23(22)33-27-21(18-30(5,6)7)15-20(17-29(2,3)4)16-24(27)32(8)28(33)25(19)26/h9-16H,17-18H2,1-8H3/q+1. The van der Waals surface area contributed by atoms with E-state index in [0.29, 0.717) is 0 Å². The summed E-state index contributed by atoms with van der Waals surface area (Å²) in [6.07, 6.45) is 4.04. The summed E-state index contributed by atoms with van der Waals surface area (Å²) < 4.78 is 4.90. The fourth-order valence-electron chi connectivity index (χ4n) is 5.47. The van der Waals surface area contributed by atoms with Gasteiger partial charge in [0.05, 0.1) is 18.0 Å². The summed E-state index contributed by atoms with van der Waals surface area (Å²) >= 11 is 0. The minimum atomic E-state index is 0.195. The second-order valence-electron chi connectivity index (χ2n) is 12.2. The summed E-state index contributed by atoms with van der Waals surface area (Å²) in [5.74, 6) is 0. The topological polar surface area (TPSA) is 21.9 Å². The number of hydrogen-bond acceptors (Lipinski definition) is 1. The predicted octanol–water partition coefficient (Wildman–Crippen LogP) is 7.10. The lowest BCUT2D eigenvalue weighted by atomic mass is 9.84. The van der Waals surface area contributed by atoms with E-state index in [1.165, 1.54) is 49.7 Å². The van der Waals surface area contributed by atoms with Crippen molar-refractivity contribution in [1.82, 2.24) is 9.55 Å². The molecule has 0 fully saturated rings. The van der Waals surface area contributed by atoms with Gasteiger partial charge in [-0.3, -0.25) is 4.98 Å². The summed E-state index contributed by atoms with van der Waals surface area (Å²) in [6, 6.07) is 15.8. The van der Waals surface area contributed by atoms with Crippen LogP contribution in [0.25, 0.3) is 38.5 Å². The van der Waals surface area contributed by atoms with E-state index in [1.54, 1.807) is 0 Å². The molecule has 0 saturated carbocycles. The summed E-state index contributed by atoms with van der Waals surface area (Å²) in [4.78, 5) is 4.85. The van der Waals surface area contributed by atoms with Crippen molar-refractivity contribution in [3.8, 4) is 0 Å². The average Bonchev–Trinajstić information content (AvgIpc) is 2.99. The monoisotopic (exact) mass is 438 g/mol. The van der Waals surface area contributed by atoms with Gasteiger partial charge < -0.3 is 0 Å². The van der Waals surface area contributed by atoms with E-state index < -0.39 is 0 Å². The van der Waals surface area contributed by atoms with E-state index in [9.17, 15) is 0 Å². The number of rotatable bonds is 2. The van der Waals surface area contributed by atoms with E-state index >= 15 is 0 Å². The molecule has 3 heteroatoms. The Morgan fingerprint density at radius 3 is 2.30 bits per heavy atom. The first-order chi connectivity index (χ1) is 15.4. The Balaban J connectivity index is 2.05. The number of nitrogens with zero attached hydrogens (tertiary/aromatic N) is 3. The van der Waals surface area contributed by atoms with Crippen LogP contribution in [0, 0.1) is 17.8 Å². The van der Waals surface area contributed by atoms with Gasteiger partial charge >= 0.3 is 0 Å². The SMILES string of the molecule is Cc1ccnc2c3ccccc3[n+]3c4c(CC(C)(C)C)cc(CC(C)(C)C)cc4n(C)c3c12. The summed E-state index contributed by atoms with van der Waals surface area (Å²) in [6.45, 7) is 16.2. The fraction of sp³-hybridized carbons (Fsp3) is 0.400. The number of para-hydroxylation sites is 1. The largest absolute Gasteiger partial charge is 0.297 e. The predicted molar refractivity (Wildman–Crippen MR) is 140 cm³/mol. The minimum Gasteiger partial charge on any atom is -0.255 e. The number of hydrogen-bond donors (Lipinski definition) is 0. The molecule has 0 saturated heterocycles. The zero-order valence-electron chi connectivity index (χ0n) is 21.4. The van der Waals surface area contributed by atoms with Crippen LogP contribution in [0.2, 0.25) is 0 Å². The van der Waals surface area contributed by atoms with Gasteiger partial charge in [0.25, 0.3) is 5.65 Å². The van der Waals surface area contributed by atoms with Gasteiger partial charge in [0, 0.05) is 17.1 Å². The van der Waals surface area contributed by atoms with Crippen molar-refractivity contribution < 1.29 is 4.40 Å². The first-order valence-corrected chi connectivity index (χ1v) is 12.1. The molecule has 0 aliphatic rings. The number of aromatic nitrogens is 3. The van der Waals surface area contributed by atoms with Crippen LogP contribution in [0.4, 0.5) is 0 Å². The third kappa shape index (κ3) is 3.68. The molecule has 3 heterocycles. The fourth-order valence-corrected chi connectivity index (χ4v) is 5.47. The highest BCUT2D eigenvalue weighted by atomic mass is 15.1. The van der Waals surface area contributed by atoms with Crippen molar-refractivity contribution in [1.29, 1.82) is 0 Å². The molecule has 0 bridgehead atoms. The maximum absolute atomic E-state index is 4.85. The normalized spacial score (nSPS) is 13.1. The zero-order valence-corrected chi connectivity index (χ0v) is 21.4. The van der Waals surface area contributed by atoms with Gasteiger partial charge in [-0.2, -0.15) is 4.40 Å². The highest BCUT2D eigenvalue weighted by molar-refractivity contribution is 6.09. The van der Waals surface area contributed by atoms with Crippen molar-refractivity contribution >= 4 is 38.5 Å².